The molecule has 0 unspecified atom stereocenters. The first-order valence-electron chi connectivity index (χ1n) is 9.58. The summed E-state index contributed by atoms with van der Waals surface area (Å²) in [6.45, 7) is 3.81. The van der Waals surface area contributed by atoms with Gasteiger partial charge in [0.15, 0.2) is 0 Å². The Morgan fingerprint density at radius 3 is 2.59 bits per heavy atom. The fraction of sp³-hybridized carbons (Fsp3) is 0.333. The van der Waals surface area contributed by atoms with Crippen LogP contribution in [0.4, 0.5) is 4.79 Å². The van der Waals surface area contributed by atoms with E-state index in [9.17, 15) is 14.4 Å². The maximum Gasteiger partial charge on any atom is 0.317 e. The lowest BCUT2D eigenvalue weighted by atomic mass is 10.1. The summed E-state index contributed by atoms with van der Waals surface area (Å²) < 4.78 is 0.762. The number of benzene rings is 1. The number of amides is 4. The van der Waals surface area contributed by atoms with Gasteiger partial charge in [0.25, 0.3) is 11.8 Å². The van der Waals surface area contributed by atoms with Crippen LogP contribution >= 0.6 is 15.9 Å². The van der Waals surface area contributed by atoms with Gasteiger partial charge in [-0.05, 0) is 55.7 Å². The summed E-state index contributed by atoms with van der Waals surface area (Å²) in [7, 11) is 0. The molecule has 1 aliphatic heterocycles. The monoisotopic (exact) mass is 458 g/mol. The van der Waals surface area contributed by atoms with E-state index >= 15 is 0 Å². The minimum Gasteiger partial charge on any atom is -0.338 e. The van der Waals surface area contributed by atoms with E-state index in [0.717, 1.165) is 16.5 Å². The summed E-state index contributed by atoms with van der Waals surface area (Å²) in [5, 5.41) is 2.87. The number of nitrogens with one attached hydrogen (secondary N) is 1. The molecule has 7 nitrogen and oxygen atoms in total. The minimum absolute atomic E-state index is 0.146. The van der Waals surface area contributed by atoms with Crippen molar-refractivity contribution < 1.29 is 14.4 Å². The molecule has 0 atom stereocenters. The maximum absolute atomic E-state index is 12.4. The van der Waals surface area contributed by atoms with Crippen LogP contribution in [0.3, 0.4) is 0 Å². The summed E-state index contributed by atoms with van der Waals surface area (Å²) in [4.78, 5) is 44.2. The Hall–Kier alpha value is -2.74. The van der Waals surface area contributed by atoms with E-state index in [4.69, 9.17) is 0 Å². The average Bonchev–Trinajstić information content (AvgIpc) is 2.96. The second-order valence-electron chi connectivity index (χ2n) is 6.72. The van der Waals surface area contributed by atoms with Gasteiger partial charge in [-0.3, -0.25) is 19.5 Å². The molecule has 0 saturated heterocycles. The number of carbonyl (C=O) groups excluding carboxylic acids is 3. The quantitative estimate of drug-likeness (QED) is 0.486. The van der Waals surface area contributed by atoms with E-state index in [1.54, 1.807) is 35.5 Å². The molecule has 1 aromatic carbocycles. The van der Waals surface area contributed by atoms with Crippen LogP contribution in [0.5, 0.6) is 0 Å². The Labute approximate surface area is 178 Å². The Bertz CT molecular complexity index is 904. The summed E-state index contributed by atoms with van der Waals surface area (Å²) in [5.74, 6) is -0.568. The van der Waals surface area contributed by atoms with E-state index < -0.39 is 0 Å². The maximum atomic E-state index is 12.4. The number of urea groups is 1. The molecule has 0 bridgehead atoms. The van der Waals surface area contributed by atoms with Crippen molar-refractivity contribution in [2.75, 3.05) is 26.2 Å². The normalized spacial score (nSPS) is 12.8. The molecule has 2 heterocycles. The molecule has 2 aromatic rings. The first-order valence-corrected chi connectivity index (χ1v) is 10.4. The minimum atomic E-state index is -0.287. The SMILES string of the molecule is CCN(CCc1ccncc1)C(=O)NCCCN1C(=O)c2ccc(Br)cc2C1=O. The highest BCUT2D eigenvalue weighted by molar-refractivity contribution is 9.10. The van der Waals surface area contributed by atoms with Gasteiger partial charge in [-0.25, -0.2) is 4.79 Å². The van der Waals surface area contributed by atoms with Crippen LogP contribution in [-0.2, 0) is 6.42 Å². The van der Waals surface area contributed by atoms with E-state index in [1.807, 2.05) is 19.1 Å². The van der Waals surface area contributed by atoms with Crippen LogP contribution in [0.15, 0.2) is 47.2 Å². The van der Waals surface area contributed by atoms with Gasteiger partial charge in [0, 0.05) is 43.0 Å². The van der Waals surface area contributed by atoms with Gasteiger partial charge in [0.05, 0.1) is 11.1 Å². The molecule has 152 valence electrons. The molecule has 0 aliphatic carbocycles. The second-order valence-corrected chi connectivity index (χ2v) is 7.64. The van der Waals surface area contributed by atoms with Crippen LogP contribution in [0.1, 0.15) is 39.6 Å². The molecule has 3 rings (SSSR count). The van der Waals surface area contributed by atoms with Crippen LogP contribution in [0.2, 0.25) is 0 Å². The largest absolute Gasteiger partial charge is 0.338 e. The molecule has 0 radical (unpaired) electrons. The molecule has 8 heteroatoms. The first-order chi connectivity index (χ1) is 14.0. The number of imide groups is 1. The number of carbonyl (C=O) groups is 3. The Morgan fingerprint density at radius 2 is 1.86 bits per heavy atom. The molecular weight excluding hydrogens is 436 g/mol. The summed E-state index contributed by atoms with van der Waals surface area (Å²) in [6, 6.07) is 8.80. The smallest absolute Gasteiger partial charge is 0.317 e. The Balaban J connectivity index is 1.44. The van der Waals surface area contributed by atoms with Gasteiger partial charge in [-0.1, -0.05) is 15.9 Å². The molecule has 0 fully saturated rings. The Morgan fingerprint density at radius 1 is 1.14 bits per heavy atom. The summed E-state index contributed by atoms with van der Waals surface area (Å²) in [6.07, 6.45) is 4.74. The lowest BCUT2D eigenvalue weighted by molar-refractivity contribution is 0.0653. The van der Waals surface area contributed by atoms with Gasteiger partial charge < -0.3 is 10.2 Å². The molecule has 1 aliphatic rings. The van der Waals surface area contributed by atoms with E-state index in [2.05, 4.69) is 26.2 Å². The van der Waals surface area contributed by atoms with Gasteiger partial charge in [-0.2, -0.15) is 0 Å². The van der Waals surface area contributed by atoms with Crippen LogP contribution in [0.25, 0.3) is 0 Å². The van der Waals surface area contributed by atoms with Gasteiger partial charge >= 0.3 is 6.03 Å². The lowest BCUT2D eigenvalue weighted by Gasteiger charge is -2.22. The number of halogens is 1. The van der Waals surface area contributed by atoms with Crippen molar-refractivity contribution in [2.45, 2.75) is 19.8 Å². The average molecular weight is 459 g/mol. The highest BCUT2D eigenvalue weighted by atomic mass is 79.9. The number of fused-ring (bicyclic) bond motifs is 1. The van der Waals surface area contributed by atoms with Crippen molar-refractivity contribution >= 4 is 33.8 Å². The predicted molar refractivity (Wildman–Crippen MR) is 113 cm³/mol. The van der Waals surface area contributed by atoms with Crippen molar-refractivity contribution in [1.29, 1.82) is 0 Å². The highest BCUT2D eigenvalue weighted by Gasteiger charge is 2.35. The number of pyridine rings is 1. The lowest BCUT2D eigenvalue weighted by Crippen LogP contribution is -2.42. The molecular formula is C21H23BrN4O3. The zero-order chi connectivity index (χ0) is 20.8. The molecule has 0 saturated carbocycles. The zero-order valence-corrected chi connectivity index (χ0v) is 17.8. The topological polar surface area (TPSA) is 82.6 Å². The van der Waals surface area contributed by atoms with Crippen molar-refractivity contribution in [3.63, 3.8) is 0 Å². The second kappa shape index (κ2) is 9.65. The van der Waals surface area contributed by atoms with Crippen LogP contribution in [0, 0.1) is 0 Å². The number of likely N-dealkylation sites (N-methyl/N-ethyl adjacent to an activating group) is 1. The number of aromatic nitrogens is 1. The molecule has 29 heavy (non-hydrogen) atoms. The van der Waals surface area contributed by atoms with Crippen LogP contribution in [-0.4, -0.2) is 58.8 Å². The molecule has 1 aromatic heterocycles. The van der Waals surface area contributed by atoms with E-state index in [1.165, 1.54) is 4.90 Å². The third-order valence-electron chi connectivity index (χ3n) is 4.86. The number of hydrogen-bond acceptors (Lipinski definition) is 4. The van der Waals surface area contributed by atoms with Crippen molar-refractivity contribution in [3.05, 3.63) is 63.9 Å². The number of nitrogens with zero attached hydrogens (tertiary/aromatic N) is 3. The van der Waals surface area contributed by atoms with Gasteiger partial charge in [0.1, 0.15) is 0 Å². The third-order valence-corrected chi connectivity index (χ3v) is 5.35. The zero-order valence-electron chi connectivity index (χ0n) is 16.2. The number of rotatable bonds is 8. The van der Waals surface area contributed by atoms with Crippen LogP contribution < -0.4 is 5.32 Å². The third kappa shape index (κ3) is 5.00. The van der Waals surface area contributed by atoms with Crippen molar-refractivity contribution in [3.8, 4) is 0 Å². The van der Waals surface area contributed by atoms with E-state index in [0.29, 0.717) is 37.2 Å². The van der Waals surface area contributed by atoms with Gasteiger partial charge in [-0.15, -0.1) is 0 Å². The highest BCUT2D eigenvalue weighted by Crippen LogP contribution is 2.25. The molecule has 4 amide bonds. The number of hydrogen-bond donors (Lipinski definition) is 1. The predicted octanol–water partition coefficient (Wildman–Crippen LogP) is 3.10. The van der Waals surface area contributed by atoms with Crippen molar-refractivity contribution in [2.24, 2.45) is 0 Å². The fourth-order valence-electron chi connectivity index (χ4n) is 3.23. The Kier molecular flexibility index (Phi) is 6.98. The summed E-state index contributed by atoms with van der Waals surface area (Å²) >= 11 is 3.32. The standard InChI is InChI=1S/C21H23BrN4O3/c1-2-25(13-8-15-6-10-23-11-7-15)21(29)24-9-3-12-26-19(27)17-5-4-16(22)14-18(17)20(26)28/h4-7,10-11,14H,2-3,8-9,12-13H2,1H3,(H,24,29). The fourth-order valence-corrected chi connectivity index (χ4v) is 3.59. The van der Waals surface area contributed by atoms with E-state index in [-0.39, 0.29) is 24.4 Å². The molecule has 1 N–H and O–H groups in total. The van der Waals surface area contributed by atoms with Gasteiger partial charge in [0.2, 0.25) is 0 Å². The van der Waals surface area contributed by atoms with Crippen molar-refractivity contribution in [1.82, 2.24) is 20.1 Å². The first kappa shape index (κ1) is 21.0. The molecule has 0 spiro atoms. The summed E-state index contributed by atoms with van der Waals surface area (Å²) in [5.41, 5.74) is 1.97.